The summed E-state index contributed by atoms with van der Waals surface area (Å²) in [6.45, 7) is 1.92. The molecule has 25 heavy (non-hydrogen) atoms. The van der Waals surface area contributed by atoms with Gasteiger partial charge in [0.1, 0.15) is 5.76 Å². The number of carbonyl (C=O) groups is 1. The Morgan fingerprint density at radius 1 is 1.08 bits per heavy atom. The molecule has 2 amide bonds. The molecule has 5 heteroatoms. The van der Waals surface area contributed by atoms with E-state index in [1.54, 1.807) is 6.26 Å². The molecular formula is C20H21N3O2. The van der Waals surface area contributed by atoms with Gasteiger partial charge in [0.25, 0.3) is 0 Å². The van der Waals surface area contributed by atoms with Gasteiger partial charge in [-0.25, -0.2) is 4.79 Å². The van der Waals surface area contributed by atoms with Crippen molar-refractivity contribution in [3.63, 3.8) is 0 Å². The molecule has 1 atom stereocenters. The van der Waals surface area contributed by atoms with Crippen LogP contribution in [0, 0.1) is 0 Å². The van der Waals surface area contributed by atoms with Gasteiger partial charge in [0.05, 0.1) is 18.8 Å². The summed E-state index contributed by atoms with van der Waals surface area (Å²) in [6.07, 6.45) is 4.51. The third kappa shape index (κ3) is 3.31. The van der Waals surface area contributed by atoms with Gasteiger partial charge in [0.15, 0.2) is 0 Å². The van der Waals surface area contributed by atoms with Crippen LogP contribution in [-0.2, 0) is 19.5 Å². The van der Waals surface area contributed by atoms with Gasteiger partial charge in [-0.1, -0.05) is 30.3 Å². The molecule has 0 bridgehead atoms. The molecule has 0 fully saturated rings. The maximum Gasteiger partial charge on any atom is 0.318 e. The number of nitrogens with zero attached hydrogens (tertiary/aromatic N) is 2. The number of hydrogen-bond donors (Lipinski definition) is 1. The second-order valence-electron chi connectivity index (χ2n) is 6.26. The number of rotatable bonds is 4. The van der Waals surface area contributed by atoms with Crippen molar-refractivity contribution in [3.05, 3.63) is 84.1 Å². The Balaban J connectivity index is 1.53. The first-order valence-corrected chi connectivity index (χ1v) is 8.57. The zero-order valence-corrected chi connectivity index (χ0v) is 14.0. The predicted octanol–water partition coefficient (Wildman–Crippen LogP) is 3.59. The lowest BCUT2D eigenvalue weighted by Crippen LogP contribution is -2.47. The van der Waals surface area contributed by atoms with Gasteiger partial charge in [-0.05, 0) is 36.2 Å². The van der Waals surface area contributed by atoms with E-state index >= 15 is 0 Å². The maximum absolute atomic E-state index is 12.8. The first kappa shape index (κ1) is 15.6. The average Bonchev–Trinajstić information content (AvgIpc) is 3.32. The van der Waals surface area contributed by atoms with Crippen molar-refractivity contribution in [1.82, 2.24) is 14.8 Å². The molecular weight excluding hydrogens is 314 g/mol. The number of carbonyl (C=O) groups excluding carboxylic acids is 1. The third-order valence-corrected chi connectivity index (χ3v) is 4.69. The highest BCUT2D eigenvalue weighted by Gasteiger charge is 2.30. The molecule has 0 saturated carbocycles. The van der Waals surface area contributed by atoms with E-state index in [1.165, 1.54) is 11.3 Å². The van der Waals surface area contributed by atoms with E-state index in [2.05, 4.69) is 40.3 Å². The Bertz CT molecular complexity index is 824. The third-order valence-electron chi connectivity index (χ3n) is 4.69. The average molecular weight is 335 g/mol. The van der Waals surface area contributed by atoms with Crippen LogP contribution >= 0.6 is 0 Å². The highest BCUT2D eigenvalue weighted by molar-refractivity contribution is 5.75. The standard InChI is InChI=1S/C20H21N3O2/c24-20(21-15-17-8-5-13-25-17)23-12-11-22-10-4-9-18(22)19(23)14-16-6-2-1-3-7-16/h1-10,13,19H,11-12,14-15H2,(H,21,24). The predicted molar refractivity (Wildman–Crippen MR) is 95.0 cm³/mol. The molecule has 1 aliphatic heterocycles. The molecule has 3 aromatic rings. The van der Waals surface area contributed by atoms with Crippen molar-refractivity contribution in [3.8, 4) is 0 Å². The number of amides is 2. The van der Waals surface area contributed by atoms with Gasteiger partial charge >= 0.3 is 6.03 Å². The Hall–Kier alpha value is -2.95. The summed E-state index contributed by atoms with van der Waals surface area (Å²) in [4.78, 5) is 14.7. The van der Waals surface area contributed by atoms with Crippen LogP contribution in [0.25, 0.3) is 0 Å². The molecule has 5 nitrogen and oxygen atoms in total. The number of fused-ring (bicyclic) bond motifs is 1. The largest absolute Gasteiger partial charge is 0.467 e. The van der Waals surface area contributed by atoms with Gasteiger partial charge in [-0.15, -0.1) is 0 Å². The number of aromatic nitrogens is 1. The van der Waals surface area contributed by atoms with Crippen molar-refractivity contribution in [2.45, 2.75) is 25.6 Å². The fourth-order valence-corrected chi connectivity index (χ4v) is 3.44. The first-order chi connectivity index (χ1) is 12.3. The molecule has 1 unspecified atom stereocenters. The molecule has 1 aliphatic rings. The summed E-state index contributed by atoms with van der Waals surface area (Å²) in [7, 11) is 0. The van der Waals surface area contributed by atoms with E-state index in [4.69, 9.17) is 4.42 Å². The topological polar surface area (TPSA) is 50.4 Å². The molecule has 0 radical (unpaired) electrons. The molecule has 3 heterocycles. The van der Waals surface area contributed by atoms with Crippen LogP contribution in [0.15, 0.2) is 71.5 Å². The zero-order valence-electron chi connectivity index (χ0n) is 14.0. The van der Waals surface area contributed by atoms with E-state index in [0.29, 0.717) is 13.1 Å². The summed E-state index contributed by atoms with van der Waals surface area (Å²) in [5.41, 5.74) is 2.41. The number of benzene rings is 1. The second-order valence-corrected chi connectivity index (χ2v) is 6.26. The second kappa shape index (κ2) is 6.89. The first-order valence-electron chi connectivity index (χ1n) is 8.57. The van der Waals surface area contributed by atoms with Crippen LogP contribution < -0.4 is 5.32 Å². The normalized spacial score (nSPS) is 16.5. The SMILES string of the molecule is O=C(NCc1ccco1)N1CCn2cccc2C1Cc1ccccc1. The lowest BCUT2D eigenvalue weighted by Gasteiger charge is -2.37. The van der Waals surface area contributed by atoms with E-state index in [0.717, 1.165) is 18.7 Å². The van der Waals surface area contributed by atoms with Crippen LogP contribution in [-0.4, -0.2) is 22.0 Å². The summed E-state index contributed by atoms with van der Waals surface area (Å²) in [6, 6.07) is 18.2. The van der Waals surface area contributed by atoms with Crippen molar-refractivity contribution in [2.24, 2.45) is 0 Å². The minimum absolute atomic E-state index is 0.0303. The lowest BCUT2D eigenvalue weighted by molar-refractivity contribution is 0.154. The lowest BCUT2D eigenvalue weighted by atomic mass is 10.0. The maximum atomic E-state index is 12.8. The number of furan rings is 1. The quantitative estimate of drug-likeness (QED) is 0.792. The fourth-order valence-electron chi connectivity index (χ4n) is 3.44. The van der Waals surface area contributed by atoms with Crippen LogP contribution in [0.4, 0.5) is 4.79 Å². The Kier molecular flexibility index (Phi) is 4.29. The van der Waals surface area contributed by atoms with E-state index in [-0.39, 0.29) is 12.1 Å². The van der Waals surface area contributed by atoms with E-state index in [1.807, 2.05) is 35.2 Å². The van der Waals surface area contributed by atoms with Gasteiger partial charge in [-0.2, -0.15) is 0 Å². The van der Waals surface area contributed by atoms with Crippen molar-refractivity contribution in [1.29, 1.82) is 0 Å². The van der Waals surface area contributed by atoms with Crippen LogP contribution in [0.2, 0.25) is 0 Å². The van der Waals surface area contributed by atoms with E-state index < -0.39 is 0 Å². The molecule has 1 N–H and O–H groups in total. The molecule has 1 aromatic carbocycles. The van der Waals surface area contributed by atoms with Crippen molar-refractivity contribution in [2.75, 3.05) is 6.54 Å². The molecule has 128 valence electrons. The Labute approximate surface area is 146 Å². The summed E-state index contributed by atoms with van der Waals surface area (Å²) < 4.78 is 7.54. The van der Waals surface area contributed by atoms with Gasteiger partial charge in [-0.3, -0.25) is 0 Å². The highest BCUT2D eigenvalue weighted by atomic mass is 16.3. The highest BCUT2D eigenvalue weighted by Crippen LogP contribution is 2.29. The molecule has 0 spiro atoms. The van der Waals surface area contributed by atoms with Crippen molar-refractivity contribution < 1.29 is 9.21 Å². The van der Waals surface area contributed by atoms with E-state index in [9.17, 15) is 4.79 Å². The summed E-state index contributed by atoms with van der Waals surface area (Å²) >= 11 is 0. The van der Waals surface area contributed by atoms with Gasteiger partial charge in [0, 0.05) is 25.0 Å². The monoisotopic (exact) mass is 335 g/mol. The minimum Gasteiger partial charge on any atom is -0.467 e. The minimum atomic E-state index is -0.0511. The van der Waals surface area contributed by atoms with Gasteiger partial charge < -0.3 is 19.2 Å². The number of urea groups is 1. The van der Waals surface area contributed by atoms with Crippen LogP contribution in [0.1, 0.15) is 23.1 Å². The van der Waals surface area contributed by atoms with Gasteiger partial charge in [0.2, 0.25) is 0 Å². The van der Waals surface area contributed by atoms with Crippen LogP contribution in [0.3, 0.4) is 0 Å². The number of nitrogens with one attached hydrogen (secondary N) is 1. The molecule has 0 aliphatic carbocycles. The van der Waals surface area contributed by atoms with Crippen molar-refractivity contribution >= 4 is 6.03 Å². The Morgan fingerprint density at radius 3 is 2.76 bits per heavy atom. The molecule has 2 aromatic heterocycles. The molecule has 0 saturated heterocycles. The smallest absolute Gasteiger partial charge is 0.318 e. The summed E-state index contributed by atoms with van der Waals surface area (Å²) in [5.74, 6) is 0.758. The van der Waals surface area contributed by atoms with Crippen LogP contribution in [0.5, 0.6) is 0 Å². The summed E-state index contributed by atoms with van der Waals surface area (Å²) in [5, 5.41) is 2.98. The molecule has 4 rings (SSSR count). The number of hydrogen-bond acceptors (Lipinski definition) is 2. The zero-order chi connectivity index (χ0) is 17.1. The fraction of sp³-hybridized carbons (Fsp3) is 0.250. The Morgan fingerprint density at radius 2 is 1.96 bits per heavy atom.